The molecule has 14 heteroatoms. The summed E-state index contributed by atoms with van der Waals surface area (Å²) in [6.07, 6.45) is -0.179. The van der Waals surface area contributed by atoms with Gasteiger partial charge in [0.2, 0.25) is 17.7 Å². The van der Waals surface area contributed by atoms with E-state index >= 15 is 0 Å². The van der Waals surface area contributed by atoms with Crippen LogP contribution in [0.2, 0.25) is 0 Å². The summed E-state index contributed by atoms with van der Waals surface area (Å²) in [6, 6.07) is -4.58. The fourth-order valence-electron chi connectivity index (χ4n) is 2.85. The summed E-state index contributed by atoms with van der Waals surface area (Å²) >= 11 is 0. The number of hydrogen-bond acceptors (Lipinski definition) is 7. The first-order chi connectivity index (χ1) is 15.7. The number of carboxylic acid groups (broad SMARTS) is 2. The van der Waals surface area contributed by atoms with Gasteiger partial charge in [0.15, 0.2) is 5.96 Å². The molecule has 0 saturated heterocycles. The number of guanidine groups is 1. The van der Waals surface area contributed by atoms with Crippen molar-refractivity contribution in [3.05, 3.63) is 0 Å². The lowest BCUT2D eigenvalue weighted by molar-refractivity contribution is -0.142. The minimum Gasteiger partial charge on any atom is -0.481 e. The van der Waals surface area contributed by atoms with Crippen LogP contribution in [0, 0.1) is 5.92 Å². The number of amides is 3. The van der Waals surface area contributed by atoms with Gasteiger partial charge in [-0.3, -0.25) is 24.2 Å². The van der Waals surface area contributed by atoms with Crippen molar-refractivity contribution < 1.29 is 34.2 Å². The van der Waals surface area contributed by atoms with Gasteiger partial charge in [0.25, 0.3) is 0 Å². The van der Waals surface area contributed by atoms with Crippen LogP contribution in [0.5, 0.6) is 0 Å². The van der Waals surface area contributed by atoms with Gasteiger partial charge in [-0.1, -0.05) is 13.8 Å². The molecule has 0 aromatic heterocycles. The fraction of sp³-hybridized carbons (Fsp3) is 0.700. The van der Waals surface area contributed by atoms with Crippen molar-refractivity contribution in [3.8, 4) is 0 Å². The average Bonchev–Trinajstić information content (AvgIpc) is 2.71. The molecule has 0 saturated carbocycles. The van der Waals surface area contributed by atoms with E-state index in [1.807, 2.05) is 0 Å². The highest BCUT2D eigenvalue weighted by atomic mass is 16.4. The highest BCUT2D eigenvalue weighted by Crippen LogP contribution is 2.08. The molecule has 14 nitrogen and oxygen atoms in total. The molecule has 0 fully saturated rings. The van der Waals surface area contributed by atoms with E-state index in [1.165, 1.54) is 6.92 Å². The van der Waals surface area contributed by atoms with Gasteiger partial charge in [-0.05, 0) is 38.5 Å². The van der Waals surface area contributed by atoms with Crippen LogP contribution in [0.3, 0.4) is 0 Å². The van der Waals surface area contributed by atoms with E-state index in [0.29, 0.717) is 0 Å². The Morgan fingerprint density at radius 2 is 1.32 bits per heavy atom. The van der Waals surface area contributed by atoms with Crippen molar-refractivity contribution in [3.63, 3.8) is 0 Å². The summed E-state index contributed by atoms with van der Waals surface area (Å²) < 4.78 is 0. The molecule has 4 atom stereocenters. The van der Waals surface area contributed by atoms with Gasteiger partial charge in [-0.25, -0.2) is 4.79 Å². The van der Waals surface area contributed by atoms with E-state index in [4.69, 9.17) is 22.3 Å². The Kier molecular flexibility index (Phi) is 13.9. The maximum absolute atomic E-state index is 12.8. The molecule has 3 amide bonds. The first kappa shape index (κ1) is 30.6. The minimum atomic E-state index is -1.27. The molecule has 0 heterocycles. The molecule has 194 valence electrons. The number of aliphatic imine (C=N–C) groups is 1. The molecule has 4 unspecified atom stereocenters. The van der Waals surface area contributed by atoms with E-state index < -0.39 is 60.2 Å². The average molecular weight is 488 g/mol. The van der Waals surface area contributed by atoms with Gasteiger partial charge in [0.1, 0.15) is 18.1 Å². The lowest BCUT2D eigenvalue weighted by Crippen LogP contribution is -2.57. The number of carbonyl (C=O) groups is 5. The molecule has 0 spiro atoms. The van der Waals surface area contributed by atoms with Crippen molar-refractivity contribution in [1.82, 2.24) is 16.0 Å². The van der Waals surface area contributed by atoms with Crippen molar-refractivity contribution in [2.45, 2.75) is 77.0 Å². The maximum Gasteiger partial charge on any atom is 0.326 e. The number of nitrogens with zero attached hydrogens (tertiary/aromatic N) is 1. The molecule has 0 aliphatic rings. The van der Waals surface area contributed by atoms with Crippen molar-refractivity contribution in [1.29, 1.82) is 0 Å². The van der Waals surface area contributed by atoms with Crippen LogP contribution in [0.4, 0.5) is 0 Å². The van der Waals surface area contributed by atoms with Gasteiger partial charge in [-0.15, -0.1) is 0 Å². The largest absolute Gasteiger partial charge is 0.481 e. The fourth-order valence-corrected chi connectivity index (χ4v) is 2.85. The molecule has 34 heavy (non-hydrogen) atoms. The summed E-state index contributed by atoms with van der Waals surface area (Å²) in [7, 11) is 0. The first-order valence-corrected chi connectivity index (χ1v) is 10.9. The third-order valence-corrected chi connectivity index (χ3v) is 4.59. The van der Waals surface area contributed by atoms with Crippen LogP contribution in [0.25, 0.3) is 0 Å². The van der Waals surface area contributed by atoms with Gasteiger partial charge in [0, 0.05) is 13.0 Å². The zero-order valence-electron chi connectivity index (χ0n) is 19.7. The Morgan fingerprint density at radius 3 is 1.76 bits per heavy atom. The third kappa shape index (κ3) is 13.2. The lowest BCUT2D eigenvalue weighted by Gasteiger charge is -2.25. The summed E-state index contributed by atoms with van der Waals surface area (Å²) in [4.78, 5) is 64.0. The molecule has 11 N–H and O–H groups in total. The molecule has 0 rings (SSSR count). The van der Waals surface area contributed by atoms with Crippen LogP contribution in [0.1, 0.15) is 52.9 Å². The zero-order valence-corrected chi connectivity index (χ0v) is 19.7. The molecule has 0 aliphatic heterocycles. The Hall–Kier alpha value is -3.42. The summed E-state index contributed by atoms with van der Waals surface area (Å²) in [5.74, 6) is -4.82. The van der Waals surface area contributed by atoms with E-state index in [-0.39, 0.29) is 44.1 Å². The number of nitrogens with one attached hydrogen (secondary N) is 3. The minimum absolute atomic E-state index is 0.0230. The van der Waals surface area contributed by atoms with Gasteiger partial charge in [-0.2, -0.15) is 0 Å². The van der Waals surface area contributed by atoms with E-state index in [1.54, 1.807) is 13.8 Å². The Bertz CT molecular complexity index is 752. The highest BCUT2D eigenvalue weighted by molar-refractivity contribution is 5.94. The zero-order chi connectivity index (χ0) is 26.4. The van der Waals surface area contributed by atoms with Crippen LogP contribution >= 0.6 is 0 Å². The molecule has 0 aliphatic carbocycles. The van der Waals surface area contributed by atoms with Gasteiger partial charge in [0.05, 0.1) is 6.04 Å². The molecular formula is C20H37N7O7. The number of carboxylic acids is 2. The third-order valence-electron chi connectivity index (χ3n) is 4.59. The maximum atomic E-state index is 12.8. The number of carbonyl (C=O) groups excluding carboxylic acids is 3. The Balaban J connectivity index is 5.59. The first-order valence-electron chi connectivity index (χ1n) is 10.9. The van der Waals surface area contributed by atoms with Crippen LogP contribution in [-0.2, 0) is 24.0 Å². The lowest BCUT2D eigenvalue weighted by atomic mass is 10.0. The quantitative estimate of drug-likeness (QED) is 0.0664. The molecule has 0 aromatic carbocycles. The summed E-state index contributed by atoms with van der Waals surface area (Å²) in [6.45, 7) is 5.14. The van der Waals surface area contributed by atoms with Crippen molar-refractivity contribution in [2.24, 2.45) is 28.1 Å². The molecule has 0 bridgehead atoms. The van der Waals surface area contributed by atoms with Crippen LogP contribution in [-0.4, -0.2) is 76.5 Å². The summed E-state index contributed by atoms with van der Waals surface area (Å²) in [5, 5.41) is 25.6. The van der Waals surface area contributed by atoms with E-state index in [0.717, 1.165) is 0 Å². The number of nitrogens with two attached hydrogens (primary N) is 3. The molecule has 0 aromatic rings. The second-order valence-electron chi connectivity index (χ2n) is 8.32. The van der Waals surface area contributed by atoms with Gasteiger partial charge >= 0.3 is 11.9 Å². The topological polar surface area (TPSA) is 252 Å². The highest BCUT2D eigenvalue weighted by Gasteiger charge is 2.30. The van der Waals surface area contributed by atoms with Gasteiger partial charge < -0.3 is 43.4 Å². The van der Waals surface area contributed by atoms with Crippen molar-refractivity contribution >= 4 is 35.6 Å². The van der Waals surface area contributed by atoms with Crippen LogP contribution in [0.15, 0.2) is 4.99 Å². The smallest absolute Gasteiger partial charge is 0.326 e. The number of hydrogen-bond donors (Lipinski definition) is 8. The van der Waals surface area contributed by atoms with E-state index in [9.17, 15) is 29.1 Å². The molecule has 0 radical (unpaired) electrons. The number of rotatable bonds is 16. The normalized spacial score (nSPS) is 14.3. The molecular weight excluding hydrogens is 450 g/mol. The Morgan fingerprint density at radius 1 is 0.824 bits per heavy atom. The van der Waals surface area contributed by atoms with Crippen LogP contribution < -0.4 is 33.2 Å². The van der Waals surface area contributed by atoms with E-state index in [2.05, 4.69) is 20.9 Å². The monoisotopic (exact) mass is 487 g/mol. The summed E-state index contributed by atoms with van der Waals surface area (Å²) in [5.41, 5.74) is 16.1. The standard InChI is InChI=1S/C20H37N7O7/c1-10(2)9-14(19(33)34)27-17(31)12(5-4-8-24-20(22)23)26-18(32)13(6-7-15(28)29)25-16(30)11(3)21/h10-14H,4-9,21H2,1-3H3,(H,25,30)(H,26,32)(H,27,31)(H,28,29)(H,33,34)(H4,22,23,24). The van der Waals surface area contributed by atoms with Crippen molar-refractivity contribution in [2.75, 3.05) is 6.54 Å². The second kappa shape index (κ2) is 15.4. The SMILES string of the molecule is CC(C)CC(NC(=O)C(CCCN=C(N)N)NC(=O)C(CCC(=O)O)NC(=O)C(C)N)C(=O)O. The second-order valence-corrected chi connectivity index (χ2v) is 8.32. The predicted octanol–water partition coefficient (Wildman–Crippen LogP) is -2.16. The number of aliphatic carboxylic acids is 2. The Labute approximate surface area is 198 Å². The predicted molar refractivity (Wildman–Crippen MR) is 123 cm³/mol.